The summed E-state index contributed by atoms with van der Waals surface area (Å²) in [6.07, 6.45) is 3.21. The minimum Gasteiger partial charge on any atom is -0.507 e. The summed E-state index contributed by atoms with van der Waals surface area (Å²) < 4.78 is 0. The zero-order valence-corrected chi connectivity index (χ0v) is 15.9. The lowest BCUT2D eigenvalue weighted by Crippen LogP contribution is -2.35. The van der Waals surface area contributed by atoms with Crippen molar-refractivity contribution in [2.45, 2.75) is 19.9 Å². The third kappa shape index (κ3) is 3.35. The number of rotatable bonds is 5. The molecule has 2 aromatic rings. The second-order valence-corrected chi connectivity index (χ2v) is 6.89. The molecule has 142 valence electrons. The van der Waals surface area contributed by atoms with E-state index in [-0.39, 0.29) is 11.3 Å². The normalized spacial score (nSPS) is 19.3. The molecule has 8 heteroatoms. The number of likely N-dealkylation sites (N-methyl/N-ethyl adjacent to an activating group) is 1. The minimum absolute atomic E-state index is 0.0811. The molecule has 0 aromatic carbocycles. The fraction of sp³-hybridized carbons (Fsp3) is 0.368. The Morgan fingerprint density at radius 1 is 1.26 bits per heavy atom. The number of nitrogens with zero attached hydrogens (tertiary/aromatic N) is 4. The van der Waals surface area contributed by atoms with E-state index >= 15 is 0 Å². The maximum absolute atomic E-state index is 12.8. The van der Waals surface area contributed by atoms with Crippen molar-refractivity contribution < 1.29 is 14.7 Å². The van der Waals surface area contributed by atoms with Crippen LogP contribution in [0.4, 0.5) is 0 Å². The third-order valence-electron chi connectivity index (χ3n) is 4.71. The van der Waals surface area contributed by atoms with Gasteiger partial charge in [0.2, 0.25) is 0 Å². The smallest absolute Gasteiger partial charge is 0.295 e. The predicted octanol–water partition coefficient (Wildman–Crippen LogP) is 1.40. The fourth-order valence-electron chi connectivity index (χ4n) is 3.35. The number of carbonyl (C=O) groups is 2. The van der Waals surface area contributed by atoms with Gasteiger partial charge < -0.3 is 14.9 Å². The first-order chi connectivity index (χ1) is 12.8. The van der Waals surface area contributed by atoms with Gasteiger partial charge >= 0.3 is 0 Å². The third-order valence-corrected chi connectivity index (χ3v) is 4.71. The van der Waals surface area contributed by atoms with Crippen molar-refractivity contribution in [3.8, 4) is 0 Å². The van der Waals surface area contributed by atoms with Crippen LogP contribution < -0.4 is 0 Å². The van der Waals surface area contributed by atoms with Crippen LogP contribution in [0, 0.1) is 13.8 Å². The Kier molecular flexibility index (Phi) is 5.09. The lowest BCUT2D eigenvalue weighted by Gasteiger charge is -2.26. The van der Waals surface area contributed by atoms with Crippen molar-refractivity contribution in [3.05, 3.63) is 52.6 Å². The summed E-state index contributed by atoms with van der Waals surface area (Å²) in [6, 6.07) is 2.84. The Morgan fingerprint density at radius 2 is 1.93 bits per heavy atom. The largest absolute Gasteiger partial charge is 0.507 e. The van der Waals surface area contributed by atoms with E-state index in [2.05, 4.69) is 15.2 Å². The van der Waals surface area contributed by atoms with Gasteiger partial charge in [-0.1, -0.05) is 0 Å². The summed E-state index contributed by atoms with van der Waals surface area (Å²) in [5.74, 6) is -1.50. The second kappa shape index (κ2) is 7.32. The Labute approximate surface area is 157 Å². The number of amides is 1. The van der Waals surface area contributed by atoms with Crippen LogP contribution in [-0.4, -0.2) is 69.0 Å². The van der Waals surface area contributed by atoms with Crippen LogP contribution in [0.3, 0.4) is 0 Å². The van der Waals surface area contributed by atoms with Crippen molar-refractivity contribution in [2.75, 3.05) is 27.2 Å². The molecule has 8 nitrogen and oxygen atoms in total. The topological polar surface area (TPSA) is 102 Å². The molecule has 1 amide bonds. The molecule has 2 aromatic heterocycles. The Balaban J connectivity index is 2.17. The Bertz CT molecular complexity index is 882. The maximum Gasteiger partial charge on any atom is 0.295 e. The monoisotopic (exact) mass is 369 g/mol. The van der Waals surface area contributed by atoms with E-state index in [1.165, 1.54) is 4.90 Å². The van der Waals surface area contributed by atoms with Gasteiger partial charge in [-0.25, -0.2) is 0 Å². The van der Waals surface area contributed by atoms with E-state index in [9.17, 15) is 14.7 Å². The van der Waals surface area contributed by atoms with Gasteiger partial charge in [0.1, 0.15) is 5.76 Å². The number of hydrogen-bond donors (Lipinski definition) is 2. The van der Waals surface area contributed by atoms with E-state index in [0.717, 1.165) is 5.56 Å². The molecule has 0 aliphatic carbocycles. The molecular formula is C19H23N5O3. The zero-order valence-electron chi connectivity index (χ0n) is 15.9. The molecule has 3 heterocycles. The molecule has 1 aliphatic heterocycles. The van der Waals surface area contributed by atoms with Crippen molar-refractivity contribution in [1.29, 1.82) is 0 Å². The molecule has 1 atom stereocenters. The first kappa shape index (κ1) is 18.8. The van der Waals surface area contributed by atoms with Crippen molar-refractivity contribution in [1.82, 2.24) is 25.0 Å². The average Bonchev–Trinajstić information content (AvgIpc) is 3.10. The molecule has 0 bridgehead atoms. The number of H-pyrrole nitrogens is 1. The van der Waals surface area contributed by atoms with Crippen LogP contribution in [0.2, 0.25) is 0 Å². The van der Waals surface area contributed by atoms with Crippen LogP contribution in [0.5, 0.6) is 0 Å². The predicted molar refractivity (Wildman–Crippen MR) is 99.9 cm³/mol. The van der Waals surface area contributed by atoms with E-state index in [4.69, 9.17) is 0 Å². The van der Waals surface area contributed by atoms with Gasteiger partial charge in [-0.2, -0.15) is 5.10 Å². The molecule has 1 fully saturated rings. The van der Waals surface area contributed by atoms with E-state index < -0.39 is 17.7 Å². The summed E-state index contributed by atoms with van der Waals surface area (Å²) in [5.41, 5.74) is 2.47. The number of pyridine rings is 1. The number of aliphatic hydroxyl groups excluding tert-OH is 1. The molecule has 2 N–H and O–H groups in total. The van der Waals surface area contributed by atoms with Gasteiger partial charge in [-0.3, -0.25) is 19.7 Å². The first-order valence-electron chi connectivity index (χ1n) is 8.68. The number of ketones is 1. The summed E-state index contributed by atoms with van der Waals surface area (Å²) >= 11 is 0. The Morgan fingerprint density at radius 3 is 2.48 bits per heavy atom. The molecule has 1 saturated heterocycles. The summed E-state index contributed by atoms with van der Waals surface area (Å²) in [5, 5.41) is 17.9. The number of aromatic amines is 1. The van der Waals surface area contributed by atoms with Crippen LogP contribution in [0.1, 0.15) is 28.6 Å². The fourth-order valence-corrected chi connectivity index (χ4v) is 3.35. The summed E-state index contributed by atoms with van der Waals surface area (Å²) in [7, 11) is 3.80. The van der Waals surface area contributed by atoms with E-state index in [1.54, 1.807) is 38.4 Å². The molecule has 0 unspecified atom stereocenters. The van der Waals surface area contributed by atoms with Gasteiger partial charge in [0.05, 0.1) is 22.9 Å². The zero-order chi connectivity index (χ0) is 19.7. The van der Waals surface area contributed by atoms with Crippen LogP contribution in [0.25, 0.3) is 5.76 Å². The van der Waals surface area contributed by atoms with Gasteiger partial charge in [-0.05, 0) is 45.6 Å². The number of Topliss-reactive ketones (excluding diaryl/α,β-unsaturated/α-hetero) is 1. The minimum atomic E-state index is -0.687. The molecule has 3 rings (SSSR count). The maximum atomic E-state index is 12.8. The summed E-state index contributed by atoms with van der Waals surface area (Å²) in [6.45, 7) is 4.46. The average molecular weight is 369 g/mol. The number of nitrogens with one attached hydrogen (secondary N) is 1. The van der Waals surface area contributed by atoms with Crippen LogP contribution >= 0.6 is 0 Å². The van der Waals surface area contributed by atoms with Crippen molar-refractivity contribution in [2.24, 2.45) is 0 Å². The van der Waals surface area contributed by atoms with Gasteiger partial charge in [-0.15, -0.1) is 0 Å². The molecule has 1 aliphatic rings. The standard InChI is InChI=1S/C19H23N5O3/c1-11-14(12(2)22-21-11)17(25)15-16(13-5-7-20-8-6-13)24(10-9-23(3)4)19(27)18(15)26/h5-8,16,25H,9-10H2,1-4H3,(H,21,22)/t16-/m0/s1. The van der Waals surface area contributed by atoms with Gasteiger partial charge in [0.25, 0.3) is 11.7 Å². The molecule has 27 heavy (non-hydrogen) atoms. The number of hydrogen-bond acceptors (Lipinski definition) is 6. The van der Waals surface area contributed by atoms with Crippen LogP contribution in [0.15, 0.2) is 30.1 Å². The lowest BCUT2D eigenvalue weighted by molar-refractivity contribution is -0.140. The highest BCUT2D eigenvalue weighted by Gasteiger charge is 2.46. The highest BCUT2D eigenvalue weighted by atomic mass is 16.3. The van der Waals surface area contributed by atoms with Crippen LogP contribution in [-0.2, 0) is 9.59 Å². The SMILES string of the molecule is Cc1n[nH]c(C)c1C(O)=C1C(=O)C(=O)N(CCN(C)C)[C@H]1c1ccncc1. The first-order valence-corrected chi connectivity index (χ1v) is 8.68. The highest BCUT2D eigenvalue weighted by Crippen LogP contribution is 2.39. The van der Waals surface area contributed by atoms with E-state index in [1.807, 2.05) is 19.0 Å². The van der Waals surface area contributed by atoms with Crippen molar-refractivity contribution >= 4 is 17.4 Å². The van der Waals surface area contributed by atoms with Crippen molar-refractivity contribution in [3.63, 3.8) is 0 Å². The Hall–Kier alpha value is -3.00. The number of aryl methyl sites for hydroxylation is 2. The highest BCUT2D eigenvalue weighted by molar-refractivity contribution is 6.46. The number of aliphatic hydroxyl groups is 1. The number of aromatic nitrogens is 3. The summed E-state index contributed by atoms with van der Waals surface area (Å²) in [4.78, 5) is 33.0. The molecule has 0 saturated carbocycles. The molecule has 0 radical (unpaired) electrons. The lowest BCUT2D eigenvalue weighted by atomic mass is 9.95. The number of carbonyl (C=O) groups excluding carboxylic acids is 2. The van der Waals surface area contributed by atoms with Gasteiger partial charge in [0, 0.05) is 31.2 Å². The van der Waals surface area contributed by atoms with E-state index in [0.29, 0.717) is 30.0 Å². The second-order valence-electron chi connectivity index (χ2n) is 6.89. The molecular weight excluding hydrogens is 346 g/mol. The number of likely N-dealkylation sites (tertiary alicyclic amines) is 1. The quantitative estimate of drug-likeness (QED) is 0.469. The van der Waals surface area contributed by atoms with Gasteiger partial charge in [0.15, 0.2) is 0 Å². The molecule has 0 spiro atoms.